The second-order valence-corrected chi connectivity index (χ2v) is 8.08. The third-order valence-electron chi connectivity index (χ3n) is 4.79. The van der Waals surface area contributed by atoms with Crippen LogP contribution in [0.3, 0.4) is 0 Å². The molecule has 3 aromatic rings. The number of hydrogen-bond acceptors (Lipinski definition) is 5. The maximum Gasteiger partial charge on any atom is 0.263 e. The van der Waals surface area contributed by atoms with Crippen LogP contribution in [-0.2, 0) is 0 Å². The summed E-state index contributed by atoms with van der Waals surface area (Å²) in [6.45, 7) is 3.55. The predicted octanol–water partition coefficient (Wildman–Crippen LogP) is 4.61. The van der Waals surface area contributed by atoms with Gasteiger partial charge in [0.2, 0.25) is 5.95 Å². The Bertz CT molecular complexity index is 925. The van der Waals surface area contributed by atoms with Gasteiger partial charge in [-0.2, -0.15) is 0 Å². The molecule has 1 saturated heterocycles. The Balaban J connectivity index is 1.48. The number of amides is 1. The van der Waals surface area contributed by atoms with Crippen LogP contribution in [0, 0.1) is 6.92 Å². The summed E-state index contributed by atoms with van der Waals surface area (Å²) in [5, 5.41) is 3.24. The van der Waals surface area contributed by atoms with Crippen LogP contribution in [-0.4, -0.2) is 33.9 Å². The van der Waals surface area contributed by atoms with E-state index in [9.17, 15) is 4.79 Å². The highest BCUT2D eigenvalue weighted by Crippen LogP contribution is 2.28. The van der Waals surface area contributed by atoms with Gasteiger partial charge in [-0.25, -0.2) is 9.97 Å². The van der Waals surface area contributed by atoms with Gasteiger partial charge in [0, 0.05) is 35.8 Å². The summed E-state index contributed by atoms with van der Waals surface area (Å²) in [6.07, 6.45) is 3.82. The molecule has 3 heterocycles. The van der Waals surface area contributed by atoms with Gasteiger partial charge in [-0.05, 0) is 50.1 Å². The second-order valence-electron chi connectivity index (χ2n) is 6.80. The van der Waals surface area contributed by atoms with Crippen LogP contribution in [0.4, 0.5) is 11.6 Å². The number of nitrogens with one attached hydrogen (secondary N) is 1. The Morgan fingerprint density at radius 3 is 2.81 bits per heavy atom. The molecule has 2 aromatic heterocycles. The number of para-hydroxylation sites is 1. The number of benzene rings is 1. The lowest BCUT2D eigenvalue weighted by molar-refractivity contribution is 0.0711. The molecule has 27 heavy (non-hydrogen) atoms. The molecule has 0 saturated carbocycles. The number of aryl methyl sites for hydroxylation is 1. The van der Waals surface area contributed by atoms with Crippen molar-refractivity contribution in [3.63, 3.8) is 0 Å². The van der Waals surface area contributed by atoms with E-state index in [2.05, 4.69) is 10.3 Å². The van der Waals surface area contributed by atoms with E-state index in [1.807, 2.05) is 60.4 Å². The highest BCUT2D eigenvalue weighted by Gasteiger charge is 2.27. The summed E-state index contributed by atoms with van der Waals surface area (Å²) >= 11 is 1.56. The van der Waals surface area contributed by atoms with Crippen molar-refractivity contribution in [2.45, 2.75) is 25.7 Å². The first-order chi connectivity index (χ1) is 13.2. The summed E-state index contributed by atoms with van der Waals surface area (Å²) in [4.78, 5) is 25.8. The summed E-state index contributed by atoms with van der Waals surface area (Å²) in [6, 6.07) is 15.8. The Labute approximate surface area is 163 Å². The van der Waals surface area contributed by atoms with Crippen molar-refractivity contribution in [1.82, 2.24) is 14.9 Å². The largest absolute Gasteiger partial charge is 0.337 e. The molecule has 4 rings (SSSR count). The van der Waals surface area contributed by atoms with Crippen molar-refractivity contribution in [1.29, 1.82) is 0 Å². The summed E-state index contributed by atoms with van der Waals surface area (Å²) in [5.41, 5.74) is 1.95. The lowest BCUT2D eigenvalue weighted by Gasteiger charge is -2.32. The molecule has 1 aromatic carbocycles. The van der Waals surface area contributed by atoms with E-state index < -0.39 is 0 Å². The van der Waals surface area contributed by atoms with Crippen LogP contribution < -0.4 is 5.32 Å². The van der Waals surface area contributed by atoms with Gasteiger partial charge in [0.25, 0.3) is 5.91 Å². The minimum atomic E-state index is 0.134. The molecule has 1 aliphatic rings. The third-order valence-corrected chi connectivity index (χ3v) is 5.77. The fourth-order valence-corrected chi connectivity index (χ4v) is 4.25. The summed E-state index contributed by atoms with van der Waals surface area (Å²) in [5.74, 6) is 0.966. The minimum Gasteiger partial charge on any atom is -0.337 e. The first-order valence-corrected chi connectivity index (χ1v) is 10.0. The van der Waals surface area contributed by atoms with Crippen molar-refractivity contribution in [2.24, 2.45) is 0 Å². The number of likely N-dealkylation sites (tertiary alicyclic amines) is 1. The summed E-state index contributed by atoms with van der Waals surface area (Å²) in [7, 11) is 0. The smallest absolute Gasteiger partial charge is 0.263 e. The van der Waals surface area contributed by atoms with E-state index in [1.165, 1.54) is 4.88 Å². The highest BCUT2D eigenvalue weighted by molar-refractivity contribution is 7.13. The van der Waals surface area contributed by atoms with Crippen molar-refractivity contribution in [2.75, 3.05) is 18.4 Å². The van der Waals surface area contributed by atoms with E-state index in [4.69, 9.17) is 4.98 Å². The quantitative estimate of drug-likeness (QED) is 0.720. The predicted molar refractivity (Wildman–Crippen MR) is 109 cm³/mol. The molecule has 0 aliphatic carbocycles. The number of anilines is 2. The molecule has 0 unspecified atom stereocenters. The van der Waals surface area contributed by atoms with Crippen LogP contribution in [0.2, 0.25) is 0 Å². The average molecular weight is 379 g/mol. The lowest BCUT2D eigenvalue weighted by atomic mass is 9.94. The van der Waals surface area contributed by atoms with Gasteiger partial charge >= 0.3 is 0 Å². The van der Waals surface area contributed by atoms with Gasteiger partial charge < -0.3 is 10.2 Å². The number of piperidine rings is 1. The average Bonchev–Trinajstić information content (AvgIpc) is 3.15. The first-order valence-electron chi connectivity index (χ1n) is 9.20. The molecule has 6 heteroatoms. The number of hydrogen-bond donors (Lipinski definition) is 1. The zero-order valence-corrected chi connectivity index (χ0v) is 16.1. The van der Waals surface area contributed by atoms with E-state index in [-0.39, 0.29) is 11.8 Å². The second kappa shape index (κ2) is 7.88. The Morgan fingerprint density at radius 1 is 1.19 bits per heavy atom. The maximum atomic E-state index is 12.8. The molecule has 0 bridgehead atoms. The van der Waals surface area contributed by atoms with Gasteiger partial charge in [-0.1, -0.05) is 18.2 Å². The van der Waals surface area contributed by atoms with Crippen molar-refractivity contribution >= 4 is 28.9 Å². The highest BCUT2D eigenvalue weighted by atomic mass is 32.1. The molecule has 0 radical (unpaired) electrons. The zero-order valence-electron chi connectivity index (χ0n) is 15.3. The molecule has 1 N–H and O–H groups in total. The van der Waals surface area contributed by atoms with E-state index in [0.29, 0.717) is 12.5 Å². The van der Waals surface area contributed by atoms with E-state index in [0.717, 1.165) is 35.6 Å². The minimum absolute atomic E-state index is 0.134. The maximum absolute atomic E-state index is 12.8. The van der Waals surface area contributed by atoms with Gasteiger partial charge in [-0.15, -0.1) is 11.3 Å². The first kappa shape index (κ1) is 17.7. The van der Waals surface area contributed by atoms with E-state index in [1.54, 1.807) is 17.5 Å². The number of carbonyl (C=O) groups is 1. The number of carbonyl (C=O) groups excluding carboxylic acids is 1. The Hall–Kier alpha value is -2.73. The monoisotopic (exact) mass is 378 g/mol. The zero-order chi connectivity index (χ0) is 18.6. The topological polar surface area (TPSA) is 58.1 Å². The lowest BCUT2D eigenvalue weighted by Crippen LogP contribution is -2.39. The van der Waals surface area contributed by atoms with Crippen LogP contribution in [0.5, 0.6) is 0 Å². The summed E-state index contributed by atoms with van der Waals surface area (Å²) < 4.78 is 0. The molecule has 1 fully saturated rings. The van der Waals surface area contributed by atoms with E-state index >= 15 is 0 Å². The molecule has 1 atom stereocenters. The van der Waals surface area contributed by atoms with Gasteiger partial charge in [0.1, 0.15) is 0 Å². The van der Waals surface area contributed by atoms with Crippen LogP contribution in [0.1, 0.15) is 39.0 Å². The van der Waals surface area contributed by atoms with Gasteiger partial charge in [-0.3, -0.25) is 4.79 Å². The number of nitrogens with zero attached hydrogens (tertiary/aromatic N) is 3. The van der Waals surface area contributed by atoms with Crippen LogP contribution >= 0.6 is 11.3 Å². The SMILES string of the molecule is Cc1ccc(C(=O)N2CCC[C@@H](c3ccnc(Nc4ccccc4)n3)C2)s1. The molecular formula is C21H22N4OS. The number of thiophene rings is 1. The molecule has 0 spiro atoms. The van der Waals surface area contributed by atoms with Crippen molar-refractivity contribution < 1.29 is 4.79 Å². The van der Waals surface area contributed by atoms with Gasteiger partial charge in [0.05, 0.1) is 10.6 Å². The third kappa shape index (κ3) is 4.17. The Morgan fingerprint density at radius 2 is 2.04 bits per heavy atom. The molecule has 1 amide bonds. The standard InChI is InChI=1S/C21H22N4OS/c1-15-9-10-19(27-15)20(26)25-13-5-6-16(14-25)18-11-12-22-21(24-18)23-17-7-3-2-4-8-17/h2-4,7-12,16H,5-6,13-14H2,1H3,(H,22,23,24)/t16-/m1/s1. The number of rotatable bonds is 4. The van der Waals surface area contributed by atoms with Crippen molar-refractivity contribution in [3.8, 4) is 0 Å². The van der Waals surface area contributed by atoms with Crippen molar-refractivity contribution in [3.05, 3.63) is 70.2 Å². The Kier molecular flexibility index (Phi) is 5.16. The van der Waals surface area contributed by atoms with Crippen LogP contribution in [0.15, 0.2) is 54.7 Å². The molecular weight excluding hydrogens is 356 g/mol. The molecule has 5 nitrogen and oxygen atoms in total. The fourth-order valence-electron chi connectivity index (χ4n) is 3.42. The van der Waals surface area contributed by atoms with Crippen LogP contribution in [0.25, 0.3) is 0 Å². The molecule has 1 aliphatic heterocycles. The normalized spacial score (nSPS) is 16.9. The number of aromatic nitrogens is 2. The van der Waals surface area contributed by atoms with Gasteiger partial charge in [0.15, 0.2) is 0 Å². The molecule has 138 valence electrons. The fraction of sp³-hybridized carbons (Fsp3) is 0.286.